The lowest BCUT2D eigenvalue weighted by atomic mass is 10.0. The molecule has 27 heavy (non-hydrogen) atoms. The number of halogens is 1. The van der Waals surface area contributed by atoms with E-state index in [0.29, 0.717) is 35.2 Å². The predicted molar refractivity (Wildman–Crippen MR) is 107 cm³/mol. The van der Waals surface area contributed by atoms with Gasteiger partial charge < -0.3 is 10.2 Å². The number of nitrogens with one attached hydrogen (secondary N) is 1. The quantitative estimate of drug-likeness (QED) is 0.817. The second-order valence-electron chi connectivity index (χ2n) is 7.51. The number of anilines is 1. The highest BCUT2D eigenvalue weighted by Gasteiger charge is 2.34. The van der Waals surface area contributed by atoms with Crippen molar-refractivity contribution in [2.45, 2.75) is 38.6 Å². The summed E-state index contributed by atoms with van der Waals surface area (Å²) in [5.74, 6) is 0.422. The summed E-state index contributed by atoms with van der Waals surface area (Å²) in [5.41, 5.74) is 3.51. The number of carbonyl (C=O) groups excluding carboxylic acids is 2. The van der Waals surface area contributed by atoms with Crippen molar-refractivity contribution >= 4 is 29.1 Å². The van der Waals surface area contributed by atoms with Gasteiger partial charge in [0.25, 0.3) is 5.91 Å². The molecule has 1 saturated heterocycles. The molecule has 1 aliphatic heterocycles. The fourth-order valence-electron chi connectivity index (χ4n) is 3.66. The van der Waals surface area contributed by atoms with E-state index in [1.807, 2.05) is 0 Å². The molecule has 1 unspecified atom stereocenters. The third-order valence-electron chi connectivity index (χ3n) is 5.39. The molecule has 0 bridgehead atoms. The second-order valence-corrected chi connectivity index (χ2v) is 7.92. The monoisotopic (exact) mass is 382 g/mol. The van der Waals surface area contributed by atoms with Crippen molar-refractivity contribution in [2.75, 3.05) is 11.4 Å². The number of benzene rings is 2. The normalized spacial score (nSPS) is 17.9. The van der Waals surface area contributed by atoms with Crippen molar-refractivity contribution in [3.8, 4) is 0 Å². The summed E-state index contributed by atoms with van der Waals surface area (Å²) in [4.78, 5) is 26.7. The molecule has 1 aliphatic carbocycles. The first kappa shape index (κ1) is 18.1. The number of carbonyl (C=O) groups is 2. The van der Waals surface area contributed by atoms with E-state index in [1.165, 1.54) is 5.56 Å². The predicted octanol–water partition coefficient (Wildman–Crippen LogP) is 4.66. The molecule has 0 aromatic heterocycles. The van der Waals surface area contributed by atoms with Crippen molar-refractivity contribution in [3.63, 3.8) is 0 Å². The van der Waals surface area contributed by atoms with E-state index in [1.54, 1.807) is 23.1 Å². The van der Waals surface area contributed by atoms with Gasteiger partial charge in [-0.05, 0) is 55.9 Å². The Balaban J connectivity index is 1.56. The minimum atomic E-state index is -0.128. The van der Waals surface area contributed by atoms with Crippen LogP contribution in [0.3, 0.4) is 0 Å². The van der Waals surface area contributed by atoms with Crippen LogP contribution in [0.2, 0.25) is 5.02 Å². The van der Waals surface area contributed by atoms with Crippen molar-refractivity contribution < 1.29 is 9.59 Å². The average Bonchev–Trinajstić information content (AvgIpc) is 3.42. The number of amides is 2. The van der Waals surface area contributed by atoms with Gasteiger partial charge in [0.1, 0.15) is 0 Å². The van der Waals surface area contributed by atoms with Gasteiger partial charge in [-0.3, -0.25) is 9.59 Å². The van der Waals surface area contributed by atoms with E-state index in [2.05, 4.69) is 36.5 Å². The Morgan fingerprint density at radius 2 is 1.93 bits per heavy atom. The molecule has 4 nitrogen and oxygen atoms in total. The van der Waals surface area contributed by atoms with Gasteiger partial charge in [-0.25, -0.2) is 0 Å². The molecule has 4 rings (SSSR count). The Morgan fingerprint density at radius 3 is 2.56 bits per heavy atom. The third-order valence-corrected chi connectivity index (χ3v) is 5.71. The summed E-state index contributed by atoms with van der Waals surface area (Å²) >= 11 is 6.30. The molecule has 0 radical (unpaired) electrons. The second kappa shape index (κ2) is 7.35. The molecule has 1 N–H and O–H groups in total. The summed E-state index contributed by atoms with van der Waals surface area (Å²) in [7, 11) is 0. The molecule has 2 aliphatic rings. The molecule has 1 atom stereocenters. The zero-order valence-corrected chi connectivity index (χ0v) is 16.1. The topological polar surface area (TPSA) is 49.4 Å². The minimum Gasteiger partial charge on any atom is -0.345 e. The number of aryl methyl sites for hydroxylation is 1. The van der Waals surface area contributed by atoms with Crippen LogP contribution in [0.1, 0.15) is 53.2 Å². The molecule has 140 valence electrons. The maximum absolute atomic E-state index is 12.9. The zero-order valence-electron chi connectivity index (χ0n) is 15.4. The van der Waals surface area contributed by atoms with E-state index >= 15 is 0 Å². The Bertz CT molecular complexity index is 874. The molecule has 1 heterocycles. The van der Waals surface area contributed by atoms with Crippen LogP contribution in [0.15, 0.2) is 42.5 Å². The fourth-order valence-corrected chi connectivity index (χ4v) is 3.88. The third kappa shape index (κ3) is 3.86. The first-order valence-corrected chi connectivity index (χ1v) is 9.88. The average molecular weight is 383 g/mol. The Labute approximate surface area is 164 Å². The standard InChI is InChI=1S/C22H23ClN2O2/c1-14-4-6-15(7-5-14)21(16-8-9-16)24-22(27)17-10-11-18(23)19(13-17)25-12-2-3-20(25)26/h4-7,10-11,13,16,21H,2-3,8-9,12H2,1H3,(H,24,27). The van der Waals surface area contributed by atoms with Gasteiger partial charge in [-0.15, -0.1) is 0 Å². The maximum Gasteiger partial charge on any atom is 0.251 e. The van der Waals surface area contributed by atoms with Crippen LogP contribution < -0.4 is 10.2 Å². The summed E-state index contributed by atoms with van der Waals surface area (Å²) in [6, 6.07) is 13.5. The van der Waals surface area contributed by atoms with Crippen LogP contribution in [0.4, 0.5) is 5.69 Å². The minimum absolute atomic E-state index is 0.0191. The molecular weight excluding hydrogens is 360 g/mol. The molecule has 5 heteroatoms. The van der Waals surface area contributed by atoms with E-state index in [9.17, 15) is 9.59 Å². The van der Waals surface area contributed by atoms with E-state index in [-0.39, 0.29) is 17.9 Å². The highest BCUT2D eigenvalue weighted by atomic mass is 35.5. The Hall–Kier alpha value is -2.33. The molecule has 0 spiro atoms. The lowest BCUT2D eigenvalue weighted by molar-refractivity contribution is -0.117. The number of hydrogen-bond donors (Lipinski definition) is 1. The van der Waals surface area contributed by atoms with Crippen LogP contribution in [0.25, 0.3) is 0 Å². The van der Waals surface area contributed by atoms with Crippen LogP contribution in [0.5, 0.6) is 0 Å². The molecular formula is C22H23ClN2O2. The molecule has 2 aromatic carbocycles. The summed E-state index contributed by atoms with van der Waals surface area (Å²) in [6.07, 6.45) is 3.62. The van der Waals surface area contributed by atoms with Gasteiger partial charge in [0, 0.05) is 18.5 Å². The van der Waals surface area contributed by atoms with Gasteiger partial charge in [0.2, 0.25) is 5.91 Å². The lowest BCUT2D eigenvalue weighted by Gasteiger charge is -2.21. The highest BCUT2D eigenvalue weighted by molar-refractivity contribution is 6.34. The van der Waals surface area contributed by atoms with Crippen LogP contribution in [-0.2, 0) is 4.79 Å². The summed E-state index contributed by atoms with van der Waals surface area (Å²) in [6.45, 7) is 2.71. The van der Waals surface area contributed by atoms with E-state index in [4.69, 9.17) is 11.6 Å². The van der Waals surface area contributed by atoms with Crippen LogP contribution in [-0.4, -0.2) is 18.4 Å². The van der Waals surface area contributed by atoms with Crippen molar-refractivity contribution in [1.82, 2.24) is 5.32 Å². The maximum atomic E-state index is 12.9. The lowest BCUT2D eigenvalue weighted by Crippen LogP contribution is -2.30. The van der Waals surface area contributed by atoms with Gasteiger partial charge >= 0.3 is 0 Å². The first-order valence-electron chi connectivity index (χ1n) is 9.50. The summed E-state index contributed by atoms with van der Waals surface area (Å²) in [5, 5.41) is 3.69. The molecule has 2 fully saturated rings. The zero-order chi connectivity index (χ0) is 19.0. The van der Waals surface area contributed by atoms with E-state index < -0.39 is 0 Å². The molecule has 1 saturated carbocycles. The van der Waals surface area contributed by atoms with Gasteiger partial charge in [0.15, 0.2) is 0 Å². The summed E-state index contributed by atoms with van der Waals surface area (Å²) < 4.78 is 0. The number of hydrogen-bond acceptors (Lipinski definition) is 2. The molecule has 2 aromatic rings. The van der Waals surface area contributed by atoms with Gasteiger partial charge in [-0.1, -0.05) is 41.4 Å². The van der Waals surface area contributed by atoms with Crippen LogP contribution >= 0.6 is 11.6 Å². The fraction of sp³-hybridized carbons (Fsp3) is 0.364. The SMILES string of the molecule is Cc1ccc(C(NC(=O)c2ccc(Cl)c(N3CCCC3=O)c2)C2CC2)cc1. The number of nitrogens with zero attached hydrogens (tertiary/aromatic N) is 1. The molecule has 2 amide bonds. The van der Waals surface area contributed by atoms with Crippen molar-refractivity contribution in [1.29, 1.82) is 0 Å². The smallest absolute Gasteiger partial charge is 0.251 e. The van der Waals surface area contributed by atoms with Crippen molar-refractivity contribution in [2.24, 2.45) is 5.92 Å². The van der Waals surface area contributed by atoms with Gasteiger partial charge in [-0.2, -0.15) is 0 Å². The van der Waals surface area contributed by atoms with Gasteiger partial charge in [0.05, 0.1) is 16.8 Å². The Morgan fingerprint density at radius 1 is 1.19 bits per heavy atom. The Kier molecular flexibility index (Phi) is 4.92. The number of rotatable bonds is 5. The van der Waals surface area contributed by atoms with Crippen molar-refractivity contribution in [3.05, 3.63) is 64.2 Å². The first-order chi connectivity index (χ1) is 13.0. The van der Waals surface area contributed by atoms with Crippen LogP contribution in [0, 0.1) is 12.8 Å². The highest BCUT2D eigenvalue weighted by Crippen LogP contribution is 2.41. The van der Waals surface area contributed by atoms with E-state index in [0.717, 1.165) is 24.8 Å². The largest absolute Gasteiger partial charge is 0.345 e.